The number of hydrogen-bond acceptors (Lipinski definition) is 6. The molecular formula is C24H27N5O3. The SMILES string of the molecule is COC(=O)c1ccc(NC(=O)CN2CCN(c3nccn3-c3ccc(C)cc3)CC2)cc1. The van der Waals surface area contributed by atoms with Gasteiger partial charge in [-0.25, -0.2) is 9.78 Å². The number of nitrogens with zero attached hydrogens (tertiary/aromatic N) is 4. The Morgan fingerprint density at radius 3 is 2.34 bits per heavy atom. The minimum absolute atomic E-state index is 0.0783. The molecule has 1 amide bonds. The van der Waals surface area contributed by atoms with Gasteiger partial charge in [-0.15, -0.1) is 0 Å². The highest BCUT2D eigenvalue weighted by atomic mass is 16.5. The van der Waals surface area contributed by atoms with Crippen LogP contribution in [0.3, 0.4) is 0 Å². The van der Waals surface area contributed by atoms with E-state index in [0.29, 0.717) is 17.8 Å². The third-order valence-electron chi connectivity index (χ3n) is 5.55. The summed E-state index contributed by atoms with van der Waals surface area (Å²) in [6.45, 7) is 5.53. The Morgan fingerprint density at radius 1 is 1.00 bits per heavy atom. The average Bonchev–Trinajstić information content (AvgIpc) is 3.30. The number of amides is 1. The molecule has 1 aliphatic rings. The minimum Gasteiger partial charge on any atom is -0.465 e. The third-order valence-corrected chi connectivity index (χ3v) is 5.55. The maximum absolute atomic E-state index is 12.5. The van der Waals surface area contributed by atoms with Crippen molar-refractivity contribution in [3.8, 4) is 5.69 Å². The first-order chi connectivity index (χ1) is 15.5. The zero-order valence-corrected chi connectivity index (χ0v) is 18.3. The van der Waals surface area contributed by atoms with E-state index in [0.717, 1.165) is 37.8 Å². The third kappa shape index (κ3) is 4.97. The van der Waals surface area contributed by atoms with Crippen LogP contribution in [0.1, 0.15) is 15.9 Å². The van der Waals surface area contributed by atoms with E-state index in [-0.39, 0.29) is 5.91 Å². The number of hydrogen-bond donors (Lipinski definition) is 1. The number of anilines is 2. The van der Waals surface area contributed by atoms with Crippen LogP contribution in [0.25, 0.3) is 5.69 Å². The van der Waals surface area contributed by atoms with Crippen LogP contribution in [0.2, 0.25) is 0 Å². The van der Waals surface area contributed by atoms with Crippen molar-refractivity contribution in [3.05, 3.63) is 72.1 Å². The predicted octanol–water partition coefficient (Wildman–Crippen LogP) is 2.73. The van der Waals surface area contributed by atoms with Gasteiger partial charge >= 0.3 is 5.97 Å². The van der Waals surface area contributed by atoms with E-state index in [2.05, 4.69) is 60.6 Å². The summed E-state index contributed by atoms with van der Waals surface area (Å²) in [4.78, 5) is 32.9. The number of aryl methyl sites for hydroxylation is 1. The van der Waals surface area contributed by atoms with Gasteiger partial charge in [0.15, 0.2) is 0 Å². The van der Waals surface area contributed by atoms with Gasteiger partial charge in [-0.2, -0.15) is 0 Å². The summed E-state index contributed by atoms with van der Waals surface area (Å²) in [6.07, 6.45) is 3.80. The molecule has 1 N–H and O–H groups in total. The van der Waals surface area contributed by atoms with Crippen molar-refractivity contribution in [2.24, 2.45) is 0 Å². The molecule has 1 aliphatic heterocycles. The Hall–Kier alpha value is -3.65. The zero-order chi connectivity index (χ0) is 22.5. The summed E-state index contributed by atoms with van der Waals surface area (Å²) in [6, 6.07) is 15.1. The van der Waals surface area contributed by atoms with Gasteiger partial charge < -0.3 is 15.0 Å². The second-order valence-corrected chi connectivity index (χ2v) is 7.81. The van der Waals surface area contributed by atoms with Crippen LogP contribution in [0.5, 0.6) is 0 Å². The Bertz CT molecular complexity index is 1070. The number of ether oxygens (including phenoxy) is 1. The van der Waals surface area contributed by atoms with Crippen molar-refractivity contribution < 1.29 is 14.3 Å². The molecule has 1 aromatic heterocycles. The summed E-state index contributed by atoms with van der Waals surface area (Å²) in [7, 11) is 1.34. The standard InChI is InChI=1S/C24H27N5O3/c1-18-3-9-21(10-4-18)29-12-11-25-24(29)28-15-13-27(14-16-28)17-22(30)26-20-7-5-19(6-8-20)23(31)32-2/h3-12H,13-17H2,1-2H3,(H,26,30). The van der Waals surface area contributed by atoms with Crippen LogP contribution in [-0.4, -0.2) is 66.2 Å². The molecule has 2 heterocycles. The molecule has 8 heteroatoms. The smallest absolute Gasteiger partial charge is 0.337 e. The highest BCUT2D eigenvalue weighted by Gasteiger charge is 2.22. The number of carbonyl (C=O) groups excluding carboxylic acids is 2. The highest BCUT2D eigenvalue weighted by Crippen LogP contribution is 2.20. The van der Waals surface area contributed by atoms with Gasteiger partial charge in [0.25, 0.3) is 0 Å². The minimum atomic E-state index is -0.399. The van der Waals surface area contributed by atoms with Crippen LogP contribution in [0.4, 0.5) is 11.6 Å². The molecule has 0 unspecified atom stereocenters. The number of piperazine rings is 1. The topological polar surface area (TPSA) is 79.7 Å². The number of carbonyl (C=O) groups is 2. The van der Waals surface area contributed by atoms with Crippen LogP contribution < -0.4 is 10.2 Å². The fraction of sp³-hybridized carbons (Fsp3) is 0.292. The second-order valence-electron chi connectivity index (χ2n) is 7.81. The Labute approximate surface area is 187 Å². The molecule has 1 fully saturated rings. The highest BCUT2D eigenvalue weighted by molar-refractivity contribution is 5.94. The number of imidazole rings is 1. The first-order valence-electron chi connectivity index (χ1n) is 10.6. The van der Waals surface area contributed by atoms with E-state index in [1.54, 1.807) is 24.3 Å². The fourth-order valence-corrected chi connectivity index (χ4v) is 3.75. The summed E-state index contributed by atoms with van der Waals surface area (Å²) < 4.78 is 6.78. The molecule has 4 rings (SSSR count). The van der Waals surface area contributed by atoms with Crippen molar-refractivity contribution in [1.29, 1.82) is 0 Å². The number of esters is 1. The fourth-order valence-electron chi connectivity index (χ4n) is 3.75. The van der Waals surface area contributed by atoms with Gasteiger partial charge in [0.1, 0.15) is 0 Å². The first-order valence-corrected chi connectivity index (χ1v) is 10.6. The van der Waals surface area contributed by atoms with E-state index in [1.165, 1.54) is 12.7 Å². The number of rotatable bonds is 6. The van der Waals surface area contributed by atoms with Gasteiger partial charge in [0.05, 0.1) is 19.2 Å². The molecule has 0 spiro atoms. The summed E-state index contributed by atoms with van der Waals surface area (Å²) in [5.41, 5.74) is 3.41. The number of aromatic nitrogens is 2. The molecule has 0 radical (unpaired) electrons. The molecule has 32 heavy (non-hydrogen) atoms. The lowest BCUT2D eigenvalue weighted by molar-refractivity contribution is -0.117. The number of benzene rings is 2. The Morgan fingerprint density at radius 2 is 1.69 bits per heavy atom. The van der Waals surface area contributed by atoms with Gasteiger partial charge in [-0.3, -0.25) is 14.3 Å². The predicted molar refractivity (Wildman–Crippen MR) is 123 cm³/mol. The van der Waals surface area contributed by atoms with Crippen molar-refractivity contribution in [2.75, 3.05) is 50.1 Å². The van der Waals surface area contributed by atoms with E-state index in [9.17, 15) is 9.59 Å². The van der Waals surface area contributed by atoms with Crippen LogP contribution >= 0.6 is 0 Å². The lowest BCUT2D eigenvalue weighted by Gasteiger charge is -2.35. The summed E-state index contributed by atoms with van der Waals surface area (Å²) in [5, 5.41) is 2.88. The van der Waals surface area contributed by atoms with Crippen molar-refractivity contribution in [2.45, 2.75) is 6.92 Å². The molecule has 0 saturated carbocycles. The molecule has 0 bridgehead atoms. The normalized spacial score (nSPS) is 14.2. The van der Waals surface area contributed by atoms with Crippen LogP contribution in [-0.2, 0) is 9.53 Å². The quantitative estimate of drug-likeness (QED) is 0.602. The molecule has 166 valence electrons. The lowest BCUT2D eigenvalue weighted by atomic mass is 10.2. The summed E-state index contributed by atoms with van der Waals surface area (Å²) in [5.74, 6) is 0.442. The van der Waals surface area contributed by atoms with E-state index in [4.69, 9.17) is 0 Å². The number of nitrogens with one attached hydrogen (secondary N) is 1. The van der Waals surface area contributed by atoms with Gasteiger partial charge in [0, 0.05) is 49.9 Å². The van der Waals surface area contributed by atoms with Gasteiger partial charge in [0.2, 0.25) is 11.9 Å². The average molecular weight is 434 g/mol. The van der Waals surface area contributed by atoms with Crippen molar-refractivity contribution >= 4 is 23.5 Å². The molecule has 3 aromatic rings. The zero-order valence-electron chi connectivity index (χ0n) is 18.3. The molecule has 0 atom stereocenters. The molecular weight excluding hydrogens is 406 g/mol. The van der Waals surface area contributed by atoms with E-state index in [1.807, 2.05) is 12.4 Å². The summed E-state index contributed by atoms with van der Waals surface area (Å²) >= 11 is 0. The molecule has 8 nitrogen and oxygen atoms in total. The maximum Gasteiger partial charge on any atom is 0.337 e. The van der Waals surface area contributed by atoms with Gasteiger partial charge in [-0.05, 0) is 43.3 Å². The Kier molecular flexibility index (Phi) is 6.51. The van der Waals surface area contributed by atoms with Crippen LogP contribution in [0, 0.1) is 6.92 Å². The van der Waals surface area contributed by atoms with Crippen LogP contribution in [0.15, 0.2) is 60.9 Å². The van der Waals surface area contributed by atoms with E-state index >= 15 is 0 Å². The molecule has 0 aliphatic carbocycles. The Balaban J connectivity index is 1.30. The van der Waals surface area contributed by atoms with E-state index < -0.39 is 5.97 Å². The van der Waals surface area contributed by atoms with Crippen molar-refractivity contribution in [1.82, 2.24) is 14.5 Å². The monoisotopic (exact) mass is 433 g/mol. The first kappa shape index (κ1) is 21.6. The molecule has 1 saturated heterocycles. The van der Waals surface area contributed by atoms with Gasteiger partial charge in [-0.1, -0.05) is 17.7 Å². The maximum atomic E-state index is 12.5. The molecule has 2 aromatic carbocycles. The number of methoxy groups -OCH3 is 1. The largest absolute Gasteiger partial charge is 0.465 e. The van der Waals surface area contributed by atoms with Crippen molar-refractivity contribution in [3.63, 3.8) is 0 Å². The lowest BCUT2D eigenvalue weighted by Crippen LogP contribution is -2.49. The second kappa shape index (κ2) is 9.65.